The Hall–Kier alpha value is -1.01. The summed E-state index contributed by atoms with van der Waals surface area (Å²) >= 11 is 2.93. The van der Waals surface area contributed by atoms with E-state index >= 15 is 0 Å². The van der Waals surface area contributed by atoms with Crippen LogP contribution < -0.4 is 0 Å². The van der Waals surface area contributed by atoms with Gasteiger partial charge in [0.25, 0.3) is 5.91 Å². The van der Waals surface area contributed by atoms with Gasteiger partial charge in [-0.05, 0) is 11.4 Å². The molecule has 1 aliphatic heterocycles. The Morgan fingerprint density at radius 2 is 2.31 bits per heavy atom. The van der Waals surface area contributed by atoms with Gasteiger partial charge < -0.3 is 10.0 Å². The molecule has 1 unspecified atom stereocenters. The molecule has 1 N–H and O–H groups in total. The van der Waals surface area contributed by atoms with E-state index in [9.17, 15) is 9.59 Å². The third-order valence-corrected chi connectivity index (χ3v) is 4.29. The van der Waals surface area contributed by atoms with Gasteiger partial charge in [-0.1, -0.05) is 6.07 Å². The average molecular weight is 257 g/mol. The fourth-order valence-corrected chi connectivity index (χ4v) is 3.31. The van der Waals surface area contributed by atoms with Crippen molar-refractivity contribution >= 4 is 35.0 Å². The number of hydrogen-bond donors (Lipinski definition) is 1. The van der Waals surface area contributed by atoms with Crippen LogP contribution in [0.3, 0.4) is 0 Å². The van der Waals surface area contributed by atoms with E-state index in [0.717, 1.165) is 5.75 Å². The van der Waals surface area contributed by atoms with Crippen LogP contribution in [0, 0.1) is 0 Å². The maximum Gasteiger partial charge on any atom is 0.327 e. The van der Waals surface area contributed by atoms with Crippen molar-refractivity contribution in [1.29, 1.82) is 0 Å². The molecule has 86 valence electrons. The molecule has 16 heavy (non-hydrogen) atoms. The number of aliphatic carboxylic acids is 1. The van der Waals surface area contributed by atoms with Crippen LogP contribution in [0.15, 0.2) is 17.5 Å². The third kappa shape index (κ3) is 2.22. The van der Waals surface area contributed by atoms with E-state index in [2.05, 4.69) is 0 Å². The molecule has 0 spiro atoms. The van der Waals surface area contributed by atoms with Crippen molar-refractivity contribution in [3.05, 3.63) is 22.4 Å². The van der Waals surface area contributed by atoms with Crippen molar-refractivity contribution in [2.75, 3.05) is 18.1 Å². The van der Waals surface area contributed by atoms with Crippen molar-refractivity contribution in [3.63, 3.8) is 0 Å². The molecular weight excluding hydrogens is 246 g/mol. The van der Waals surface area contributed by atoms with E-state index < -0.39 is 12.0 Å². The molecule has 1 aliphatic rings. The Bertz CT molecular complexity index is 391. The maximum atomic E-state index is 12.0. The zero-order valence-electron chi connectivity index (χ0n) is 8.46. The SMILES string of the molecule is O=C(O)C1CSCCN1C(=O)c1cccs1. The van der Waals surface area contributed by atoms with E-state index in [1.807, 2.05) is 5.38 Å². The number of thiophene rings is 1. The molecule has 6 heteroatoms. The van der Waals surface area contributed by atoms with E-state index in [-0.39, 0.29) is 5.91 Å². The summed E-state index contributed by atoms with van der Waals surface area (Å²) in [6.07, 6.45) is 0. The van der Waals surface area contributed by atoms with Crippen molar-refractivity contribution in [1.82, 2.24) is 4.90 Å². The minimum Gasteiger partial charge on any atom is -0.480 e. The number of amides is 1. The van der Waals surface area contributed by atoms with Crippen LogP contribution in [-0.4, -0.2) is 46.0 Å². The number of rotatable bonds is 2. The van der Waals surface area contributed by atoms with E-state index in [1.165, 1.54) is 16.2 Å². The van der Waals surface area contributed by atoms with Gasteiger partial charge in [-0.25, -0.2) is 4.79 Å². The molecule has 0 radical (unpaired) electrons. The number of carbonyl (C=O) groups is 2. The lowest BCUT2D eigenvalue weighted by atomic mass is 10.2. The maximum absolute atomic E-state index is 12.0. The number of hydrogen-bond acceptors (Lipinski definition) is 4. The summed E-state index contributed by atoms with van der Waals surface area (Å²) in [6.45, 7) is 0.512. The minimum absolute atomic E-state index is 0.164. The Balaban J connectivity index is 2.17. The summed E-state index contributed by atoms with van der Waals surface area (Å²) in [5.41, 5.74) is 0. The number of carboxylic acid groups (broad SMARTS) is 1. The van der Waals surface area contributed by atoms with Gasteiger partial charge in [-0.15, -0.1) is 11.3 Å². The molecule has 2 rings (SSSR count). The minimum atomic E-state index is -0.919. The third-order valence-electron chi connectivity index (χ3n) is 2.41. The summed E-state index contributed by atoms with van der Waals surface area (Å²) < 4.78 is 0. The molecule has 2 heterocycles. The molecule has 0 aliphatic carbocycles. The van der Waals surface area contributed by atoms with Gasteiger partial charge in [0, 0.05) is 18.1 Å². The lowest BCUT2D eigenvalue weighted by Gasteiger charge is -2.32. The van der Waals surface area contributed by atoms with Gasteiger partial charge in [0.15, 0.2) is 0 Å². The van der Waals surface area contributed by atoms with Crippen LogP contribution in [0.4, 0.5) is 0 Å². The van der Waals surface area contributed by atoms with Crippen LogP contribution in [0.1, 0.15) is 9.67 Å². The van der Waals surface area contributed by atoms with Gasteiger partial charge in [-0.2, -0.15) is 11.8 Å². The highest BCUT2D eigenvalue weighted by atomic mass is 32.2. The molecule has 0 saturated carbocycles. The fourth-order valence-electron chi connectivity index (χ4n) is 1.59. The molecule has 1 fully saturated rings. The van der Waals surface area contributed by atoms with Crippen LogP contribution in [0.5, 0.6) is 0 Å². The first-order valence-corrected chi connectivity index (χ1v) is 6.88. The molecule has 1 saturated heterocycles. The Labute approximate surface area is 101 Å². The Morgan fingerprint density at radius 3 is 2.94 bits per heavy atom. The Morgan fingerprint density at radius 1 is 1.50 bits per heavy atom. The second kappa shape index (κ2) is 4.88. The first-order chi connectivity index (χ1) is 7.70. The number of carbonyl (C=O) groups excluding carboxylic acids is 1. The molecule has 1 amide bonds. The number of nitrogens with zero attached hydrogens (tertiary/aromatic N) is 1. The summed E-state index contributed by atoms with van der Waals surface area (Å²) in [6, 6.07) is 2.84. The average Bonchev–Trinajstić information content (AvgIpc) is 2.81. The summed E-state index contributed by atoms with van der Waals surface area (Å²) in [5, 5.41) is 10.9. The highest BCUT2D eigenvalue weighted by molar-refractivity contribution is 7.99. The van der Waals surface area contributed by atoms with Gasteiger partial charge in [-0.3, -0.25) is 4.79 Å². The van der Waals surface area contributed by atoms with Crippen molar-refractivity contribution in [2.45, 2.75) is 6.04 Å². The van der Waals surface area contributed by atoms with Crippen molar-refractivity contribution in [2.24, 2.45) is 0 Å². The van der Waals surface area contributed by atoms with Gasteiger partial charge in [0.05, 0.1) is 4.88 Å². The predicted octanol–water partition coefficient (Wildman–Crippen LogP) is 1.39. The summed E-state index contributed by atoms with van der Waals surface area (Å²) in [7, 11) is 0. The van der Waals surface area contributed by atoms with Crippen molar-refractivity contribution in [3.8, 4) is 0 Å². The standard InChI is InChI=1S/C10H11NO3S2/c12-9(8-2-1-4-16-8)11-3-5-15-6-7(11)10(13)14/h1-2,4,7H,3,5-6H2,(H,13,14). The lowest BCUT2D eigenvalue weighted by molar-refractivity contribution is -0.141. The smallest absolute Gasteiger partial charge is 0.327 e. The van der Waals surface area contributed by atoms with Crippen LogP contribution >= 0.6 is 23.1 Å². The molecule has 1 aromatic heterocycles. The second-order valence-corrected chi connectivity index (χ2v) is 5.50. The molecule has 1 atom stereocenters. The highest BCUT2D eigenvalue weighted by Gasteiger charge is 2.33. The topological polar surface area (TPSA) is 57.6 Å². The van der Waals surface area contributed by atoms with Crippen LogP contribution in [-0.2, 0) is 4.79 Å². The molecule has 0 bridgehead atoms. The normalized spacial score (nSPS) is 20.8. The van der Waals surface area contributed by atoms with E-state index in [4.69, 9.17) is 5.11 Å². The molecule has 0 aromatic carbocycles. The molecule has 1 aromatic rings. The molecular formula is C10H11NO3S2. The van der Waals surface area contributed by atoms with E-state index in [1.54, 1.807) is 23.9 Å². The number of thioether (sulfide) groups is 1. The highest BCUT2D eigenvalue weighted by Crippen LogP contribution is 2.21. The van der Waals surface area contributed by atoms with Gasteiger partial charge in [0.2, 0.25) is 0 Å². The largest absolute Gasteiger partial charge is 0.480 e. The van der Waals surface area contributed by atoms with Gasteiger partial charge in [0.1, 0.15) is 6.04 Å². The van der Waals surface area contributed by atoms with Gasteiger partial charge >= 0.3 is 5.97 Å². The van der Waals surface area contributed by atoms with Crippen LogP contribution in [0.25, 0.3) is 0 Å². The zero-order valence-corrected chi connectivity index (χ0v) is 10.1. The first kappa shape index (κ1) is 11.5. The lowest BCUT2D eigenvalue weighted by Crippen LogP contribution is -2.50. The quantitative estimate of drug-likeness (QED) is 0.870. The molecule has 4 nitrogen and oxygen atoms in total. The fraction of sp³-hybridized carbons (Fsp3) is 0.400. The monoisotopic (exact) mass is 257 g/mol. The second-order valence-electron chi connectivity index (χ2n) is 3.40. The zero-order chi connectivity index (χ0) is 11.5. The van der Waals surface area contributed by atoms with E-state index in [0.29, 0.717) is 17.2 Å². The number of carboxylic acids is 1. The predicted molar refractivity (Wildman–Crippen MR) is 64.1 cm³/mol. The summed E-state index contributed by atoms with van der Waals surface area (Å²) in [4.78, 5) is 25.1. The first-order valence-electron chi connectivity index (χ1n) is 4.85. The van der Waals surface area contributed by atoms with Crippen molar-refractivity contribution < 1.29 is 14.7 Å². The Kier molecular flexibility index (Phi) is 3.50. The summed E-state index contributed by atoms with van der Waals surface area (Å²) in [5.74, 6) is 0.202. The van der Waals surface area contributed by atoms with Crippen LogP contribution in [0.2, 0.25) is 0 Å².